The van der Waals surface area contributed by atoms with E-state index in [0.29, 0.717) is 12.0 Å². The number of amides is 1. The standard InChI is InChI=1S/C20H26ClN5O/c1-26-10-9-22-19(26)16-17(11-5-7-12(21)8-6-11)23-14-4-2-3-13-15(14)18(16)24-25-20(13)27/h5-8,13-18,23-24H,2-4,9-10H2,1H3,(H,25,27). The van der Waals surface area contributed by atoms with Crippen molar-refractivity contribution in [3.63, 3.8) is 0 Å². The summed E-state index contributed by atoms with van der Waals surface area (Å²) >= 11 is 6.14. The van der Waals surface area contributed by atoms with Crippen molar-refractivity contribution in [3.8, 4) is 0 Å². The summed E-state index contributed by atoms with van der Waals surface area (Å²) in [6, 6.07) is 8.82. The van der Waals surface area contributed by atoms with E-state index in [4.69, 9.17) is 16.6 Å². The number of hydrogen-bond acceptors (Lipinski definition) is 5. The summed E-state index contributed by atoms with van der Waals surface area (Å²) < 4.78 is 0. The van der Waals surface area contributed by atoms with E-state index >= 15 is 0 Å². The topological polar surface area (TPSA) is 68.8 Å². The van der Waals surface area contributed by atoms with Gasteiger partial charge < -0.3 is 10.2 Å². The smallest absolute Gasteiger partial charge is 0.237 e. The Morgan fingerprint density at radius 3 is 2.78 bits per heavy atom. The number of benzene rings is 1. The number of piperidine rings is 1. The molecule has 3 fully saturated rings. The molecule has 1 aromatic rings. The van der Waals surface area contributed by atoms with Gasteiger partial charge in [0.05, 0.1) is 12.5 Å². The van der Waals surface area contributed by atoms with Crippen LogP contribution in [0.5, 0.6) is 0 Å². The quantitative estimate of drug-likeness (QED) is 0.723. The molecule has 0 spiro atoms. The molecule has 0 bridgehead atoms. The molecule has 3 heterocycles. The lowest BCUT2D eigenvalue weighted by Gasteiger charge is -2.55. The van der Waals surface area contributed by atoms with Gasteiger partial charge in [-0.15, -0.1) is 0 Å². The van der Waals surface area contributed by atoms with Gasteiger partial charge in [0, 0.05) is 48.6 Å². The Kier molecular flexibility index (Phi) is 4.37. The van der Waals surface area contributed by atoms with Crippen LogP contribution >= 0.6 is 11.6 Å². The number of halogens is 1. The highest BCUT2D eigenvalue weighted by Crippen LogP contribution is 2.45. The number of hydrazine groups is 1. The first-order valence-electron chi connectivity index (χ1n) is 9.96. The number of carbonyl (C=O) groups excluding carboxylic acids is 1. The Hall–Kier alpha value is -1.63. The van der Waals surface area contributed by atoms with Gasteiger partial charge >= 0.3 is 0 Å². The van der Waals surface area contributed by atoms with Gasteiger partial charge in [-0.1, -0.05) is 30.2 Å². The molecule has 6 unspecified atom stereocenters. The zero-order chi connectivity index (χ0) is 18.5. The third-order valence-electron chi connectivity index (χ3n) is 6.84. The van der Waals surface area contributed by atoms with E-state index in [1.807, 2.05) is 12.1 Å². The summed E-state index contributed by atoms with van der Waals surface area (Å²) in [6.07, 6.45) is 3.19. The normalized spacial score (nSPS) is 38.2. The van der Waals surface area contributed by atoms with Crippen LogP contribution in [0.2, 0.25) is 5.02 Å². The van der Waals surface area contributed by atoms with Crippen LogP contribution in [0.3, 0.4) is 0 Å². The van der Waals surface area contributed by atoms with Crippen LogP contribution in [-0.2, 0) is 4.79 Å². The third kappa shape index (κ3) is 2.85. The van der Waals surface area contributed by atoms with E-state index in [2.05, 4.69) is 40.2 Å². The summed E-state index contributed by atoms with van der Waals surface area (Å²) in [5.41, 5.74) is 7.59. The Morgan fingerprint density at radius 2 is 2.04 bits per heavy atom. The first-order chi connectivity index (χ1) is 13.1. The van der Waals surface area contributed by atoms with Crippen molar-refractivity contribution in [2.75, 3.05) is 20.1 Å². The van der Waals surface area contributed by atoms with Crippen LogP contribution in [-0.4, -0.2) is 48.9 Å². The Labute approximate surface area is 164 Å². The first kappa shape index (κ1) is 17.5. The lowest BCUT2D eigenvalue weighted by molar-refractivity contribution is -0.137. The van der Waals surface area contributed by atoms with Gasteiger partial charge in [0.1, 0.15) is 5.84 Å². The molecule has 1 aromatic carbocycles. The van der Waals surface area contributed by atoms with Crippen LogP contribution in [0.25, 0.3) is 0 Å². The zero-order valence-electron chi connectivity index (χ0n) is 15.5. The number of amidine groups is 1. The average molecular weight is 388 g/mol. The lowest BCUT2D eigenvalue weighted by atomic mass is 9.63. The minimum atomic E-state index is 0.0866. The van der Waals surface area contributed by atoms with Crippen molar-refractivity contribution < 1.29 is 4.79 Å². The predicted octanol–water partition coefficient (Wildman–Crippen LogP) is 1.73. The second-order valence-corrected chi connectivity index (χ2v) is 8.70. The SMILES string of the molecule is CN1CCN=C1C1C(c2ccc(Cl)cc2)NC2CCCC3C(=O)NNC1C23. The molecule has 5 rings (SSSR count). The molecule has 1 amide bonds. The van der Waals surface area contributed by atoms with Crippen LogP contribution in [0.4, 0.5) is 0 Å². The molecular formula is C20H26ClN5O. The Balaban J connectivity index is 1.57. The minimum Gasteiger partial charge on any atom is -0.361 e. The fraction of sp³-hybridized carbons (Fsp3) is 0.600. The monoisotopic (exact) mass is 387 g/mol. The molecule has 27 heavy (non-hydrogen) atoms. The van der Waals surface area contributed by atoms with Gasteiger partial charge in [-0.3, -0.25) is 15.2 Å². The third-order valence-corrected chi connectivity index (χ3v) is 7.09. The van der Waals surface area contributed by atoms with Gasteiger partial charge in [0.2, 0.25) is 5.91 Å². The number of likely N-dealkylation sites (N-methyl/N-ethyl adjacent to an activating group) is 1. The van der Waals surface area contributed by atoms with Gasteiger partial charge in [-0.25, -0.2) is 5.43 Å². The van der Waals surface area contributed by atoms with Crippen LogP contribution in [0.15, 0.2) is 29.3 Å². The number of aliphatic imine (C=N–C) groups is 1. The summed E-state index contributed by atoms with van der Waals surface area (Å²) in [5.74, 6) is 1.84. The molecule has 6 nitrogen and oxygen atoms in total. The van der Waals surface area contributed by atoms with E-state index in [1.54, 1.807) is 0 Å². The second-order valence-electron chi connectivity index (χ2n) is 8.26. The van der Waals surface area contributed by atoms with E-state index in [1.165, 1.54) is 5.56 Å². The average Bonchev–Trinajstić information content (AvgIpc) is 3.10. The highest BCUT2D eigenvalue weighted by atomic mass is 35.5. The van der Waals surface area contributed by atoms with Crippen LogP contribution in [0, 0.1) is 17.8 Å². The number of carbonyl (C=O) groups is 1. The Morgan fingerprint density at radius 1 is 1.22 bits per heavy atom. The summed E-state index contributed by atoms with van der Waals surface area (Å²) in [4.78, 5) is 19.6. The van der Waals surface area contributed by atoms with E-state index in [-0.39, 0.29) is 29.8 Å². The van der Waals surface area contributed by atoms with Crippen molar-refractivity contribution in [1.29, 1.82) is 0 Å². The van der Waals surface area contributed by atoms with E-state index in [9.17, 15) is 4.79 Å². The van der Waals surface area contributed by atoms with E-state index in [0.717, 1.165) is 43.2 Å². The maximum absolute atomic E-state index is 12.5. The largest absolute Gasteiger partial charge is 0.361 e. The first-order valence-corrected chi connectivity index (χ1v) is 10.3. The molecule has 144 valence electrons. The highest BCUT2D eigenvalue weighted by Gasteiger charge is 2.55. The molecule has 1 aliphatic carbocycles. The number of hydrogen-bond donors (Lipinski definition) is 3. The van der Waals surface area contributed by atoms with Crippen molar-refractivity contribution in [3.05, 3.63) is 34.9 Å². The maximum atomic E-state index is 12.5. The molecule has 0 radical (unpaired) electrons. The zero-order valence-corrected chi connectivity index (χ0v) is 16.2. The van der Waals surface area contributed by atoms with Crippen LogP contribution < -0.4 is 16.2 Å². The number of rotatable bonds is 2. The molecule has 3 aliphatic heterocycles. The van der Waals surface area contributed by atoms with Gasteiger partial charge in [0.15, 0.2) is 0 Å². The molecule has 6 atom stereocenters. The van der Waals surface area contributed by atoms with Gasteiger partial charge in [0.25, 0.3) is 0 Å². The molecular weight excluding hydrogens is 362 g/mol. The number of nitrogens with one attached hydrogen (secondary N) is 3. The van der Waals surface area contributed by atoms with Crippen molar-refractivity contribution in [2.45, 2.75) is 37.4 Å². The maximum Gasteiger partial charge on any atom is 0.237 e. The predicted molar refractivity (Wildman–Crippen MR) is 105 cm³/mol. The summed E-state index contributed by atoms with van der Waals surface area (Å²) in [6.45, 7) is 1.79. The van der Waals surface area contributed by atoms with Crippen LogP contribution in [0.1, 0.15) is 30.9 Å². The summed E-state index contributed by atoms with van der Waals surface area (Å²) in [5, 5.41) is 4.67. The molecule has 3 N–H and O–H groups in total. The molecule has 4 aliphatic rings. The van der Waals surface area contributed by atoms with Crippen molar-refractivity contribution >= 4 is 23.3 Å². The molecule has 0 aromatic heterocycles. The summed E-state index contributed by atoms with van der Waals surface area (Å²) in [7, 11) is 2.12. The van der Waals surface area contributed by atoms with E-state index < -0.39 is 0 Å². The molecule has 2 saturated heterocycles. The van der Waals surface area contributed by atoms with Gasteiger partial charge in [-0.2, -0.15) is 0 Å². The van der Waals surface area contributed by atoms with Crippen molar-refractivity contribution in [1.82, 2.24) is 21.1 Å². The fourth-order valence-corrected chi connectivity index (χ4v) is 5.76. The van der Waals surface area contributed by atoms with Gasteiger partial charge in [-0.05, 0) is 30.5 Å². The fourth-order valence-electron chi connectivity index (χ4n) is 5.63. The Bertz CT molecular complexity index is 766. The highest BCUT2D eigenvalue weighted by molar-refractivity contribution is 6.30. The number of nitrogens with zero attached hydrogens (tertiary/aromatic N) is 2. The molecule has 1 saturated carbocycles. The second kappa shape index (κ2) is 6.76. The molecule has 7 heteroatoms. The minimum absolute atomic E-state index is 0.0866. The van der Waals surface area contributed by atoms with Crippen molar-refractivity contribution in [2.24, 2.45) is 22.7 Å². The lowest BCUT2D eigenvalue weighted by Crippen LogP contribution is -2.72.